The van der Waals surface area contributed by atoms with Crippen molar-refractivity contribution in [2.45, 2.75) is 20.8 Å². The zero-order valence-electron chi connectivity index (χ0n) is 12.7. The smallest absolute Gasteiger partial charge is 0.346 e. The molecular formula is C16H18FN3O2. The van der Waals surface area contributed by atoms with Crippen molar-refractivity contribution in [3.8, 4) is 11.3 Å². The maximum atomic E-state index is 13.9. The minimum Gasteiger partial charge on any atom is -0.351 e. The normalized spacial score (nSPS) is 10.8. The summed E-state index contributed by atoms with van der Waals surface area (Å²) in [5, 5.41) is 2.70. The lowest BCUT2D eigenvalue weighted by molar-refractivity contribution is 0.0943. The summed E-state index contributed by atoms with van der Waals surface area (Å²) in [7, 11) is 0. The number of H-pyrrole nitrogens is 1. The quantitative estimate of drug-likeness (QED) is 0.910. The molecular weight excluding hydrogens is 285 g/mol. The average Bonchev–Trinajstić information content (AvgIpc) is 2.46. The van der Waals surface area contributed by atoms with E-state index >= 15 is 0 Å². The molecule has 0 spiro atoms. The topological polar surface area (TPSA) is 74.8 Å². The van der Waals surface area contributed by atoms with Crippen molar-refractivity contribution in [1.29, 1.82) is 0 Å². The van der Waals surface area contributed by atoms with E-state index in [1.54, 1.807) is 12.1 Å². The number of hydrogen-bond donors (Lipinski definition) is 2. The molecule has 0 saturated heterocycles. The minimum absolute atomic E-state index is 0.0663. The largest absolute Gasteiger partial charge is 0.351 e. The predicted molar refractivity (Wildman–Crippen MR) is 82.2 cm³/mol. The van der Waals surface area contributed by atoms with Crippen LogP contribution in [0.3, 0.4) is 0 Å². The van der Waals surface area contributed by atoms with Gasteiger partial charge >= 0.3 is 5.69 Å². The number of nitrogens with zero attached hydrogens (tertiary/aromatic N) is 1. The van der Waals surface area contributed by atoms with Gasteiger partial charge in [0.25, 0.3) is 5.91 Å². The number of carbonyl (C=O) groups excluding carboxylic acids is 1. The van der Waals surface area contributed by atoms with E-state index in [2.05, 4.69) is 15.3 Å². The highest BCUT2D eigenvalue weighted by molar-refractivity contribution is 5.93. The maximum absolute atomic E-state index is 13.9. The molecule has 1 aromatic carbocycles. The molecule has 1 aromatic heterocycles. The van der Waals surface area contributed by atoms with E-state index in [-0.39, 0.29) is 22.9 Å². The van der Waals surface area contributed by atoms with Crippen LogP contribution in [-0.2, 0) is 0 Å². The Balaban J connectivity index is 2.40. The lowest BCUT2D eigenvalue weighted by atomic mass is 10.1. The summed E-state index contributed by atoms with van der Waals surface area (Å²) in [6, 6.07) is 5.91. The molecule has 2 rings (SSSR count). The van der Waals surface area contributed by atoms with Crippen molar-refractivity contribution in [3.05, 3.63) is 51.8 Å². The van der Waals surface area contributed by atoms with E-state index in [1.165, 1.54) is 12.1 Å². The molecule has 0 saturated carbocycles. The number of halogens is 1. The Kier molecular flexibility index (Phi) is 4.70. The molecule has 2 aromatic rings. The van der Waals surface area contributed by atoms with Crippen molar-refractivity contribution < 1.29 is 9.18 Å². The highest BCUT2D eigenvalue weighted by Gasteiger charge is 2.13. The first-order chi connectivity index (χ1) is 10.4. The summed E-state index contributed by atoms with van der Waals surface area (Å²) < 4.78 is 13.9. The van der Waals surface area contributed by atoms with Gasteiger partial charge in [-0.2, -0.15) is 4.98 Å². The number of amides is 1. The number of rotatable bonds is 4. The van der Waals surface area contributed by atoms with Gasteiger partial charge in [-0.1, -0.05) is 25.5 Å². The zero-order valence-corrected chi connectivity index (χ0v) is 12.7. The first kappa shape index (κ1) is 15.9. The minimum atomic E-state index is -0.687. The molecule has 0 fully saturated rings. The molecule has 22 heavy (non-hydrogen) atoms. The van der Waals surface area contributed by atoms with Crippen molar-refractivity contribution >= 4 is 5.91 Å². The Morgan fingerprint density at radius 3 is 2.77 bits per heavy atom. The van der Waals surface area contributed by atoms with Gasteiger partial charge in [0.05, 0.1) is 5.69 Å². The molecule has 0 aliphatic heterocycles. The van der Waals surface area contributed by atoms with Crippen LogP contribution in [0, 0.1) is 18.7 Å². The molecule has 6 heteroatoms. The van der Waals surface area contributed by atoms with E-state index in [1.807, 2.05) is 20.8 Å². The molecule has 2 N–H and O–H groups in total. The highest BCUT2D eigenvalue weighted by Crippen LogP contribution is 2.21. The van der Waals surface area contributed by atoms with Gasteiger partial charge in [0, 0.05) is 12.1 Å². The number of nitrogens with one attached hydrogen (secondary N) is 2. The lowest BCUT2D eigenvalue weighted by Crippen LogP contribution is -2.30. The Morgan fingerprint density at radius 2 is 2.09 bits per heavy atom. The summed E-state index contributed by atoms with van der Waals surface area (Å²) in [6.45, 7) is 6.22. The number of aromatic nitrogens is 2. The third-order valence-corrected chi connectivity index (χ3v) is 3.06. The highest BCUT2D eigenvalue weighted by atomic mass is 19.1. The summed E-state index contributed by atoms with van der Waals surface area (Å²) in [6.07, 6.45) is 0. The van der Waals surface area contributed by atoms with Crippen LogP contribution in [-0.4, -0.2) is 22.4 Å². The number of hydrogen-bond acceptors (Lipinski definition) is 3. The Bertz CT molecular complexity index is 753. The number of benzene rings is 1. The molecule has 0 atom stereocenters. The van der Waals surface area contributed by atoms with Crippen LogP contribution < -0.4 is 11.0 Å². The zero-order chi connectivity index (χ0) is 16.3. The van der Waals surface area contributed by atoms with E-state index < -0.39 is 17.4 Å². The summed E-state index contributed by atoms with van der Waals surface area (Å²) >= 11 is 0. The standard InChI is InChI=1S/C16H18FN3O2/c1-9(2)8-18-15(21)14-7-13(19-16(22)20-14)11-6-10(3)4-5-12(11)17/h4-7,9H,8H2,1-3H3,(H,18,21)(H,19,20,22). The van der Waals surface area contributed by atoms with E-state index in [0.29, 0.717) is 6.54 Å². The van der Waals surface area contributed by atoms with Crippen molar-refractivity contribution in [2.24, 2.45) is 5.92 Å². The predicted octanol–water partition coefficient (Wildman–Crippen LogP) is 2.27. The molecule has 5 nitrogen and oxygen atoms in total. The van der Waals surface area contributed by atoms with Gasteiger partial charge < -0.3 is 10.3 Å². The second kappa shape index (κ2) is 6.51. The lowest BCUT2D eigenvalue weighted by Gasteiger charge is -2.09. The number of aryl methyl sites for hydroxylation is 1. The molecule has 1 amide bonds. The van der Waals surface area contributed by atoms with Gasteiger partial charge in [-0.05, 0) is 31.0 Å². The average molecular weight is 303 g/mol. The van der Waals surface area contributed by atoms with Crippen LogP contribution in [0.1, 0.15) is 29.9 Å². The van der Waals surface area contributed by atoms with Crippen LogP contribution in [0.2, 0.25) is 0 Å². The van der Waals surface area contributed by atoms with Crippen molar-refractivity contribution in [2.75, 3.05) is 6.54 Å². The van der Waals surface area contributed by atoms with E-state index in [4.69, 9.17) is 0 Å². The number of aromatic amines is 1. The Labute approximate surface area is 127 Å². The summed E-state index contributed by atoms with van der Waals surface area (Å²) in [5.74, 6) is -0.619. The SMILES string of the molecule is Cc1ccc(F)c(-c2cc(C(=O)NCC(C)C)[nH]c(=O)n2)c1. The fourth-order valence-electron chi connectivity index (χ4n) is 1.95. The maximum Gasteiger partial charge on any atom is 0.346 e. The molecule has 116 valence electrons. The van der Waals surface area contributed by atoms with Crippen LogP contribution in [0.15, 0.2) is 29.1 Å². The molecule has 0 unspecified atom stereocenters. The van der Waals surface area contributed by atoms with Gasteiger partial charge in [-0.25, -0.2) is 9.18 Å². The first-order valence-corrected chi connectivity index (χ1v) is 7.03. The van der Waals surface area contributed by atoms with Gasteiger partial charge in [0.1, 0.15) is 11.5 Å². The van der Waals surface area contributed by atoms with E-state index in [0.717, 1.165) is 5.56 Å². The van der Waals surface area contributed by atoms with Crippen LogP contribution in [0.25, 0.3) is 11.3 Å². The van der Waals surface area contributed by atoms with Crippen LogP contribution >= 0.6 is 0 Å². The van der Waals surface area contributed by atoms with Crippen molar-refractivity contribution in [1.82, 2.24) is 15.3 Å². The molecule has 0 radical (unpaired) electrons. The van der Waals surface area contributed by atoms with Crippen molar-refractivity contribution in [3.63, 3.8) is 0 Å². The van der Waals surface area contributed by atoms with Crippen LogP contribution in [0.4, 0.5) is 4.39 Å². The Morgan fingerprint density at radius 1 is 1.36 bits per heavy atom. The van der Waals surface area contributed by atoms with Gasteiger partial charge in [-0.3, -0.25) is 4.79 Å². The van der Waals surface area contributed by atoms with Gasteiger partial charge in [-0.15, -0.1) is 0 Å². The second-order valence-electron chi connectivity index (χ2n) is 5.57. The first-order valence-electron chi connectivity index (χ1n) is 7.03. The third-order valence-electron chi connectivity index (χ3n) is 3.06. The molecule has 0 bridgehead atoms. The third kappa shape index (κ3) is 3.78. The Hall–Kier alpha value is -2.50. The van der Waals surface area contributed by atoms with Gasteiger partial charge in [0.2, 0.25) is 0 Å². The molecule has 1 heterocycles. The van der Waals surface area contributed by atoms with E-state index in [9.17, 15) is 14.0 Å². The second-order valence-corrected chi connectivity index (χ2v) is 5.57. The fraction of sp³-hybridized carbons (Fsp3) is 0.312. The summed E-state index contributed by atoms with van der Waals surface area (Å²) in [5.41, 5.74) is 0.553. The fourth-order valence-corrected chi connectivity index (χ4v) is 1.95. The van der Waals surface area contributed by atoms with Gasteiger partial charge in [0.15, 0.2) is 0 Å². The molecule has 0 aliphatic carbocycles. The summed E-state index contributed by atoms with van der Waals surface area (Å²) in [4.78, 5) is 29.8. The van der Waals surface area contributed by atoms with Crippen LogP contribution in [0.5, 0.6) is 0 Å². The monoisotopic (exact) mass is 303 g/mol. The molecule has 0 aliphatic rings. The number of carbonyl (C=O) groups is 1.